The minimum Gasteiger partial charge on any atom is -0.358 e. The van der Waals surface area contributed by atoms with Crippen molar-refractivity contribution in [3.05, 3.63) is 101 Å². The van der Waals surface area contributed by atoms with Crippen molar-refractivity contribution in [2.24, 2.45) is 0 Å². The molecule has 5 aromatic rings. The highest BCUT2D eigenvalue weighted by Gasteiger charge is 2.41. The molecular weight excluding hydrogens is 622 g/mol. The van der Waals surface area contributed by atoms with E-state index in [-0.39, 0.29) is 23.6 Å². The van der Waals surface area contributed by atoms with E-state index in [2.05, 4.69) is 25.3 Å². The van der Waals surface area contributed by atoms with E-state index in [0.717, 1.165) is 24.3 Å². The van der Waals surface area contributed by atoms with Gasteiger partial charge in [-0.15, -0.1) is 0 Å². The van der Waals surface area contributed by atoms with E-state index in [1.807, 2.05) is 0 Å². The monoisotopic (exact) mass is 635 g/mol. The Kier molecular flexibility index (Phi) is 7.32. The van der Waals surface area contributed by atoms with Gasteiger partial charge in [-0.3, -0.25) is 0 Å². The van der Waals surface area contributed by atoms with Crippen molar-refractivity contribution >= 4 is 27.9 Å². The van der Waals surface area contributed by atoms with Crippen LogP contribution in [0.2, 0.25) is 0 Å². The van der Waals surface area contributed by atoms with Crippen LogP contribution in [0.3, 0.4) is 0 Å². The van der Waals surface area contributed by atoms with Crippen LogP contribution in [0.4, 0.5) is 58.5 Å². The topological polar surface area (TPSA) is 63.6 Å². The summed E-state index contributed by atoms with van der Waals surface area (Å²) in [7, 11) is 0. The van der Waals surface area contributed by atoms with Gasteiger partial charge in [0.2, 0.25) is 0 Å². The van der Waals surface area contributed by atoms with Gasteiger partial charge in [-0.2, -0.15) is 52.7 Å². The van der Waals surface area contributed by atoms with E-state index in [1.165, 1.54) is 24.3 Å². The second-order valence-corrected chi connectivity index (χ2v) is 9.26. The Labute approximate surface area is 237 Å². The van der Waals surface area contributed by atoms with Gasteiger partial charge >= 0.3 is 24.7 Å². The van der Waals surface area contributed by atoms with Crippen molar-refractivity contribution in [1.29, 1.82) is 0 Å². The maximum absolute atomic E-state index is 13.6. The van der Waals surface area contributed by atoms with Gasteiger partial charge < -0.3 is 5.32 Å². The molecule has 0 saturated carbocycles. The van der Waals surface area contributed by atoms with E-state index < -0.39 is 75.3 Å². The number of nitrogens with one attached hydrogen (secondary N) is 1. The number of pyridine rings is 4. The Morgan fingerprint density at radius 3 is 1.45 bits per heavy atom. The van der Waals surface area contributed by atoms with E-state index in [4.69, 9.17) is 0 Å². The average molecular weight is 635 g/mol. The summed E-state index contributed by atoms with van der Waals surface area (Å²) in [4.78, 5) is 14.2. The molecule has 0 spiro atoms. The van der Waals surface area contributed by atoms with Crippen LogP contribution in [0.15, 0.2) is 66.7 Å². The quantitative estimate of drug-likeness (QED) is 0.200. The Morgan fingerprint density at radius 1 is 0.500 bits per heavy atom. The Bertz CT molecular complexity index is 1850. The maximum atomic E-state index is 13.6. The molecule has 0 bridgehead atoms. The van der Waals surface area contributed by atoms with Gasteiger partial charge in [-0.05, 0) is 42.0 Å². The Morgan fingerprint density at radius 2 is 0.977 bits per heavy atom. The SMILES string of the molecule is FC(F)(F)c1cc(C(F)(F)F)c2ccc(NC(c3ccccc3)c3ccc4c(C(F)(F)F)cc(C(F)(F)F)nc4n3)nc2n1. The molecule has 4 aromatic heterocycles. The van der Waals surface area contributed by atoms with Crippen LogP contribution in [-0.4, -0.2) is 19.9 Å². The average Bonchev–Trinajstić information content (AvgIpc) is 2.92. The molecule has 17 heteroatoms. The zero-order valence-electron chi connectivity index (χ0n) is 21.3. The summed E-state index contributed by atoms with van der Waals surface area (Å²) in [5, 5.41) is 1.23. The first kappa shape index (κ1) is 30.7. The zero-order valence-corrected chi connectivity index (χ0v) is 21.3. The fourth-order valence-electron chi connectivity index (χ4n) is 4.35. The van der Waals surface area contributed by atoms with Gasteiger partial charge in [0.15, 0.2) is 11.3 Å². The highest BCUT2D eigenvalue weighted by Crippen LogP contribution is 2.40. The first-order valence-electron chi connectivity index (χ1n) is 12.1. The summed E-state index contributed by atoms with van der Waals surface area (Å²) in [6.45, 7) is 0. The number of benzene rings is 1. The number of hydrogen-bond donors (Lipinski definition) is 1. The molecule has 1 aromatic carbocycles. The first-order valence-corrected chi connectivity index (χ1v) is 12.1. The predicted octanol–water partition coefficient (Wildman–Crippen LogP) is 8.85. The molecule has 44 heavy (non-hydrogen) atoms. The fourth-order valence-corrected chi connectivity index (χ4v) is 4.35. The van der Waals surface area contributed by atoms with Crippen LogP contribution in [0.1, 0.15) is 39.8 Å². The zero-order chi connectivity index (χ0) is 32.2. The number of hydrogen-bond acceptors (Lipinski definition) is 5. The van der Waals surface area contributed by atoms with Crippen LogP contribution in [0.5, 0.6) is 0 Å². The molecule has 0 aliphatic rings. The minimum absolute atomic E-state index is 0.146. The fraction of sp³-hybridized carbons (Fsp3) is 0.185. The summed E-state index contributed by atoms with van der Waals surface area (Å²) in [6.07, 6.45) is -20.9. The second-order valence-electron chi connectivity index (χ2n) is 9.26. The summed E-state index contributed by atoms with van der Waals surface area (Å²) >= 11 is 0. The summed E-state index contributed by atoms with van der Waals surface area (Å²) in [5.41, 5.74) is -8.72. The molecule has 0 saturated heterocycles. The largest absolute Gasteiger partial charge is 0.433 e. The normalized spacial score (nSPS) is 13.8. The molecule has 0 amide bonds. The predicted molar refractivity (Wildman–Crippen MR) is 131 cm³/mol. The number of halogens is 12. The van der Waals surface area contributed by atoms with Crippen LogP contribution in [-0.2, 0) is 24.7 Å². The van der Waals surface area contributed by atoms with Gasteiger partial charge in [0.1, 0.15) is 17.2 Å². The standard InChI is InChI=1S/C27H13F12N5/c28-24(29,30)15-10-18(26(34,35)36)41-22-13(15)6-8-17(40-22)21(12-4-2-1-3-5-12)43-20-9-7-14-16(25(31,32)33)11-19(27(37,38)39)42-23(14)44-20/h1-11,21H,(H,42,43,44). The molecule has 0 fully saturated rings. The van der Waals surface area contributed by atoms with Crippen molar-refractivity contribution in [2.45, 2.75) is 30.7 Å². The number of anilines is 1. The molecule has 1 atom stereocenters. The molecule has 5 rings (SSSR count). The van der Waals surface area contributed by atoms with Crippen molar-refractivity contribution in [3.8, 4) is 0 Å². The van der Waals surface area contributed by atoms with Gasteiger partial charge in [-0.25, -0.2) is 19.9 Å². The molecular formula is C27H13F12N5. The molecule has 0 aliphatic carbocycles. The lowest BCUT2D eigenvalue weighted by atomic mass is 10.0. The molecule has 1 N–H and O–H groups in total. The van der Waals surface area contributed by atoms with Crippen molar-refractivity contribution in [3.63, 3.8) is 0 Å². The van der Waals surface area contributed by atoms with Crippen LogP contribution < -0.4 is 5.32 Å². The molecule has 4 heterocycles. The Balaban J connectivity index is 1.67. The number of fused-ring (bicyclic) bond motifs is 2. The van der Waals surface area contributed by atoms with Crippen molar-refractivity contribution < 1.29 is 52.7 Å². The third-order valence-electron chi connectivity index (χ3n) is 6.28. The lowest BCUT2D eigenvalue weighted by Gasteiger charge is -2.21. The first-order chi connectivity index (χ1) is 20.3. The highest BCUT2D eigenvalue weighted by molar-refractivity contribution is 5.82. The van der Waals surface area contributed by atoms with E-state index in [1.54, 1.807) is 6.07 Å². The maximum Gasteiger partial charge on any atom is 0.433 e. The molecule has 1 unspecified atom stereocenters. The minimum atomic E-state index is -5.25. The number of aromatic nitrogens is 4. The lowest BCUT2D eigenvalue weighted by Crippen LogP contribution is -2.18. The van der Waals surface area contributed by atoms with E-state index >= 15 is 0 Å². The van der Waals surface area contributed by atoms with Gasteiger partial charge in [0.25, 0.3) is 0 Å². The van der Waals surface area contributed by atoms with E-state index in [9.17, 15) is 52.7 Å². The highest BCUT2D eigenvalue weighted by atomic mass is 19.4. The van der Waals surface area contributed by atoms with Gasteiger partial charge in [0, 0.05) is 10.8 Å². The number of alkyl halides is 12. The summed E-state index contributed by atoms with van der Waals surface area (Å²) in [5.74, 6) is -0.332. The summed E-state index contributed by atoms with van der Waals surface area (Å²) < 4.78 is 162. The molecule has 230 valence electrons. The van der Waals surface area contributed by atoms with Crippen LogP contribution in [0, 0.1) is 0 Å². The van der Waals surface area contributed by atoms with Crippen molar-refractivity contribution in [2.75, 3.05) is 5.32 Å². The third-order valence-corrected chi connectivity index (χ3v) is 6.28. The van der Waals surface area contributed by atoms with Crippen LogP contribution in [0.25, 0.3) is 22.1 Å². The summed E-state index contributed by atoms with van der Waals surface area (Å²) in [6, 6.07) is 9.77. The van der Waals surface area contributed by atoms with Gasteiger partial charge in [-0.1, -0.05) is 30.3 Å². The van der Waals surface area contributed by atoms with Gasteiger partial charge in [0.05, 0.1) is 22.9 Å². The Hall–Kier alpha value is -4.70. The van der Waals surface area contributed by atoms with Crippen molar-refractivity contribution in [1.82, 2.24) is 19.9 Å². The number of rotatable bonds is 4. The molecule has 5 nitrogen and oxygen atoms in total. The number of nitrogens with zero attached hydrogens (tertiary/aromatic N) is 4. The van der Waals surface area contributed by atoms with E-state index in [0.29, 0.717) is 5.56 Å². The molecule has 0 aliphatic heterocycles. The molecule has 0 radical (unpaired) electrons. The lowest BCUT2D eigenvalue weighted by molar-refractivity contribution is -0.146. The smallest absolute Gasteiger partial charge is 0.358 e. The van der Waals surface area contributed by atoms with Crippen LogP contribution >= 0.6 is 0 Å². The second kappa shape index (κ2) is 10.5. The third kappa shape index (κ3) is 6.16.